The first kappa shape index (κ1) is 36.4. The molecular formula is C40H59NO11. The van der Waals surface area contributed by atoms with Crippen LogP contribution in [0.25, 0.3) is 0 Å². The number of ketones is 1. The molecule has 0 saturated carbocycles. The van der Waals surface area contributed by atoms with Gasteiger partial charge >= 0.3 is 0 Å². The zero-order valence-electron chi connectivity index (χ0n) is 30.8. The minimum absolute atomic E-state index is 0.0158. The Bertz CT molecular complexity index is 1380. The number of carbonyl (C=O) groups is 1. The zero-order valence-corrected chi connectivity index (χ0v) is 30.8. The summed E-state index contributed by atoms with van der Waals surface area (Å²) in [5, 5.41) is 10.5. The van der Waals surface area contributed by atoms with Crippen molar-refractivity contribution in [2.45, 2.75) is 194 Å². The highest BCUT2D eigenvalue weighted by atomic mass is 16.8. The molecule has 12 nitrogen and oxygen atoms in total. The summed E-state index contributed by atoms with van der Waals surface area (Å²) in [5.41, 5.74) is 8.01. The summed E-state index contributed by atoms with van der Waals surface area (Å²) in [6.07, 6.45) is 4.85. The van der Waals surface area contributed by atoms with Gasteiger partial charge in [-0.3, -0.25) is 4.79 Å². The monoisotopic (exact) mass is 729 g/mol. The van der Waals surface area contributed by atoms with E-state index in [1.54, 1.807) is 7.11 Å². The third-order valence-electron chi connectivity index (χ3n) is 14.0. The van der Waals surface area contributed by atoms with Crippen LogP contribution in [0, 0.1) is 11.8 Å². The van der Waals surface area contributed by atoms with E-state index in [0.29, 0.717) is 25.7 Å². The smallest absolute Gasteiger partial charge is 0.172 e. The Kier molecular flexibility index (Phi) is 10.0. The average molecular weight is 730 g/mol. The molecule has 0 radical (unpaired) electrons. The fraction of sp³-hybridized carbons (Fsp3) is 0.875. The highest BCUT2D eigenvalue weighted by molar-refractivity contribution is 5.79. The molecule has 10 rings (SSSR count). The van der Waals surface area contributed by atoms with Crippen LogP contribution in [0.5, 0.6) is 0 Å². The molecule has 13 unspecified atom stereocenters. The van der Waals surface area contributed by atoms with Crippen LogP contribution in [0.15, 0.2) is 24.3 Å². The number of nitrogens with two attached hydrogens (primary N) is 1. The van der Waals surface area contributed by atoms with E-state index in [0.717, 1.165) is 56.1 Å². The van der Waals surface area contributed by atoms with Gasteiger partial charge in [0.15, 0.2) is 5.79 Å². The van der Waals surface area contributed by atoms with E-state index in [9.17, 15) is 9.90 Å². The molecular weight excluding hydrogens is 670 g/mol. The van der Waals surface area contributed by atoms with E-state index in [2.05, 4.69) is 20.1 Å². The minimum Gasteiger partial charge on any atom is -0.392 e. The number of Topliss-reactive ketones (excluding diaryl/α,β-unsaturated/α-hetero) is 1. The lowest BCUT2D eigenvalue weighted by molar-refractivity contribution is -0.292. The fourth-order valence-electron chi connectivity index (χ4n) is 11.3. The van der Waals surface area contributed by atoms with Crippen LogP contribution < -0.4 is 5.73 Å². The predicted octanol–water partition coefficient (Wildman–Crippen LogP) is 3.44. The Morgan fingerprint density at radius 2 is 1.56 bits per heavy atom. The van der Waals surface area contributed by atoms with Crippen molar-refractivity contribution in [1.29, 1.82) is 0 Å². The summed E-state index contributed by atoms with van der Waals surface area (Å²) in [6.45, 7) is 11.3. The first-order valence-electron chi connectivity index (χ1n) is 20.2. The Morgan fingerprint density at radius 1 is 0.808 bits per heavy atom. The second-order valence-corrected chi connectivity index (χ2v) is 17.4. The molecule has 12 bridgehead atoms. The molecule has 0 aliphatic carbocycles. The number of methoxy groups -OCH3 is 1. The molecule has 3 N–H and O–H groups in total. The van der Waals surface area contributed by atoms with Crippen molar-refractivity contribution in [1.82, 2.24) is 0 Å². The van der Waals surface area contributed by atoms with Crippen LogP contribution in [0.2, 0.25) is 0 Å². The van der Waals surface area contributed by atoms with Gasteiger partial charge in [-0.25, -0.2) is 0 Å². The van der Waals surface area contributed by atoms with Crippen LogP contribution in [-0.2, 0) is 47.4 Å². The number of aliphatic hydroxyl groups excluding tert-OH is 1. The van der Waals surface area contributed by atoms with E-state index in [4.69, 9.17) is 48.4 Å². The lowest BCUT2D eigenvalue weighted by Crippen LogP contribution is -2.61. The quantitative estimate of drug-likeness (QED) is 0.409. The van der Waals surface area contributed by atoms with Crippen molar-refractivity contribution < 1.29 is 52.5 Å². The normalized spacial score (nSPS) is 52.4. The van der Waals surface area contributed by atoms with E-state index in [1.807, 2.05) is 0 Å². The van der Waals surface area contributed by atoms with Crippen molar-refractivity contribution in [3.63, 3.8) is 0 Å². The second kappa shape index (κ2) is 14.3. The lowest BCUT2D eigenvalue weighted by atomic mass is 9.81. The van der Waals surface area contributed by atoms with Gasteiger partial charge in [0.05, 0.1) is 67.1 Å². The molecule has 0 aromatic carbocycles. The molecule has 0 aromatic rings. The topological polar surface area (TPSA) is 146 Å². The highest BCUT2D eigenvalue weighted by Gasteiger charge is 2.68. The molecule has 10 fully saturated rings. The molecule has 10 aliphatic rings. The number of hydrogen-bond acceptors (Lipinski definition) is 12. The number of aliphatic hydroxyl groups is 1. The summed E-state index contributed by atoms with van der Waals surface area (Å²) in [7, 11) is 1.66. The van der Waals surface area contributed by atoms with Gasteiger partial charge in [-0.15, -0.1) is 0 Å². The summed E-state index contributed by atoms with van der Waals surface area (Å²) >= 11 is 0. The van der Waals surface area contributed by atoms with Crippen molar-refractivity contribution >= 4 is 5.78 Å². The van der Waals surface area contributed by atoms with Gasteiger partial charge in [0.1, 0.15) is 36.3 Å². The van der Waals surface area contributed by atoms with E-state index >= 15 is 0 Å². The Hall–Kier alpha value is -1.29. The van der Waals surface area contributed by atoms with Crippen molar-refractivity contribution in [2.24, 2.45) is 17.6 Å². The molecule has 12 heteroatoms. The third-order valence-corrected chi connectivity index (χ3v) is 14.0. The molecule has 290 valence electrons. The standard InChI is InChI=1S/C40H59NO11/c1-19-11-24-5-7-28-20(2)12-26(45-28)9-10-40-17-33-36(51-40)37-38(50-33)39(52-40)35-29(49-37)8-6-25(47-35)13-22(42)14-27-31(16-30(46-24)21(19)3)48-32(34(27)44-4)15-23(43)18-41/h19,23-39,43H,2-3,5-18,41H2,1,4H3/t19-,23?,24?,25?,26?,27?,28?,29?,30?,31+,32?,33-,34-,35+,36?,37?,38?,39?,40+/m1/s1. The van der Waals surface area contributed by atoms with E-state index in [1.165, 1.54) is 0 Å². The minimum atomic E-state index is -0.780. The maximum Gasteiger partial charge on any atom is 0.172 e. The molecule has 10 saturated heterocycles. The van der Waals surface area contributed by atoms with Crippen molar-refractivity contribution in [3.05, 3.63) is 24.3 Å². The van der Waals surface area contributed by atoms with Gasteiger partial charge in [0.25, 0.3) is 0 Å². The number of ether oxygens (including phenoxy) is 9. The van der Waals surface area contributed by atoms with Gasteiger partial charge in [0, 0.05) is 58.1 Å². The Morgan fingerprint density at radius 3 is 2.38 bits per heavy atom. The zero-order chi connectivity index (χ0) is 35.9. The van der Waals surface area contributed by atoms with Gasteiger partial charge in [0.2, 0.25) is 0 Å². The number of rotatable bonds is 4. The van der Waals surface area contributed by atoms with Gasteiger partial charge in [-0.1, -0.05) is 20.1 Å². The number of fused-ring (bicyclic) bond motifs is 6. The van der Waals surface area contributed by atoms with Crippen LogP contribution in [0.4, 0.5) is 0 Å². The SMILES string of the molecule is C=C1CC2CC[C@@]34C[C@H]5OC6C(OC7CCC(CC(=O)CC8[C@@H](OC)C(CC(O)CN)O[C@H]8CC8OC(CCC1O2)C[C@@H](C)C8=C)O[C@@H]7C6O3)C5O4. The number of carbonyl (C=O) groups excluding carboxylic acids is 1. The second-order valence-electron chi connectivity index (χ2n) is 17.4. The lowest BCUT2D eigenvalue weighted by Gasteiger charge is -2.47. The summed E-state index contributed by atoms with van der Waals surface area (Å²) in [6, 6.07) is 0. The van der Waals surface area contributed by atoms with Crippen LogP contribution in [0.3, 0.4) is 0 Å². The molecule has 1 spiro atoms. The summed E-state index contributed by atoms with van der Waals surface area (Å²) in [4.78, 5) is 14.1. The molecule has 19 atom stereocenters. The molecule has 0 aromatic heterocycles. The fourth-order valence-corrected chi connectivity index (χ4v) is 11.3. The predicted molar refractivity (Wildman–Crippen MR) is 186 cm³/mol. The van der Waals surface area contributed by atoms with Crippen molar-refractivity contribution in [3.8, 4) is 0 Å². The Labute approximate surface area is 307 Å². The maximum atomic E-state index is 14.1. The highest BCUT2D eigenvalue weighted by Crippen LogP contribution is 2.54. The van der Waals surface area contributed by atoms with Gasteiger partial charge in [-0.05, 0) is 62.0 Å². The van der Waals surface area contributed by atoms with Crippen LogP contribution in [0.1, 0.15) is 90.4 Å². The largest absolute Gasteiger partial charge is 0.392 e. The molecule has 0 amide bonds. The third kappa shape index (κ3) is 6.59. The van der Waals surface area contributed by atoms with Crippen LogP contribution >= 0.6 is 0 Å². The summed E-state index contributed by atoms with van der Waals surface area (Å²) < 4.78 is 60.0. The van der Waals surface area contributed by atoms with E-state index < -0.39 is 18.0 Å². The average Bonchev–Trinajstić information content (AvgIpc) is 3.79. The first-order valence-corrected chi connectivity index (χ1v) is 20.2. The maximum absolute atomic E-state index is 14.1. The molecule has 10 heterocycles. The van der Waals surface area contributed by atoms with E-state index in [-0.39, 0.29) is 122 Å². The van der Waals surface area contributed by atoms with Gasteiger partial charge < -0.3 is 53.5 Å². The summed E-state index contributed by atoms with van der Waals surface area (Å²) in [5.74, 6) is -0.619. The Balaban J connectivity index is 0.994. The van der Waals surface area contributed by atoms with Gasteiger partial charge in [-0.2, -0.15) is 0 Å². The molecule has 52 heavy (non-hydrogen) atoms. The number of hydrogen-bond donors (Lipinski definition) is 2. The van der Waals surface area contributed by atoms with Crippen LogP contribution in [-0.4, -0.2) is 128 Å². The first-order chi connectivity index (χ1) is 25.1. The molecule has 10 aliphatic heterocycles. The van der Waals surface area contributed by atoms with Crippen molar-refractivity contribution in [2.75, 3.05) is 13.7 Å².